The van der Waals surface area contributed by atoms with Gasteiger partial charge in [0.2, 0.25) is 5.91 Å². The molecule has 0 unspecified atom stereocenters. The second-order valence-corrected chi connectivity index (χ2v) is 7.61. The highest BCUT2D eigenvalue weighted by Gasteiger charge is 2.36. The molecule has 1 aliphatic heterocycles. The summed E-state index contributed by atoms with van der Waals surface area (Å²) in [6.45, 7) is 0.614. The molecule has 0 atom stereocenters. The number of ether oxygens (including phenoxy) is 1. The van der Waals surface area contributed by atoms with Crippen LogP contribution in [-0.2, 0) is 14.3 Å². The first-order chi connectivity index (χ1) is 14.0. The highest BCUT2D eigenvalue weighted by atomic mass is 35.5. The van der Waals surface area contributed by atoms with Gasteiger partial charge in [0.05, 0.1) is 4.91 Å². The molecule has 3 amide bonds. The van der Waals surface area contributed by atoms with Crippen LogP contribution in [-0.4, -0.2) is 48.8 Å². The van der Waals surface area contributed by atoms with Crippen LogP contribution in [0.4, 0.5) is 4.79 Å². The first-order valence-corrected chi connectivity index (χ1v) is 10.0. The summed E-state index contributed by atoms with van der Waals surface area (Å²) >= 11 is 6.77. The standard InChI is InChI=1S/C20H19ClN2O5S/c1-27-9-3-8-22-18(24)12-23-19(25)17(29-20(23)26)11-15-6-7-16(28-15)13-4-2-5-14(21)10-13/h2,4-7,10-11H,3,8-9,12H2,1H3,(H,22,24)/b17-11-. The third-order valence-electron chi connectivity index (χ3n) is 4.03. The Morgan fingerprint density at radius 2 is 2.14 bits per heavy atom. The van der Waals surface area contributed by atoms with Crippen LogP contribution in [0.1, 0.15) is 12.2 Å². The predicted molar refractivity (Wildman–Crippen MR) is 111 cm³/mol. The summed E-state index contributed by atoms with van der Waals surface area (Å²) < 4.78 is 10.6. The highest BCUT2D eigenvalue weighted by molar-refractivity contribution is 8.18. The van der Waals surface area contributed by atoms with E-state index < -0.39 is 17.1 Å². The number of carbonyl (C=O) groups is 3. The first-order valence-electron chi connectivity index (χ1n) is 8.84. The van der Waals surface area contributed by atoms with E-state index in [9.17, 15) is 14.4 Å². The van der Waals surface area contributed by atoms with Crippen molar-refractivity contribution >= 4 is 46.5 Å². The number of imide groups is 1. The van der Waals surface area contributed by atoms with Crippen LogP contribution in [0.15, 0.2) is 45.7 Å². The van der Waals surface area contributed by atoms with Gasteiger partial charge in [0, 0.05) is 36.9 Å². The maximum Gasteiger partial charge on any atom is 0.294 e. The van der Waals surface area contributed by atoms with E-state index in [1.807, 2.05) is 12.1 Å². The monoisotopic (exact) mass is 434 g/mol. The van der Waals surface area contributed by atoms with Gasteiger partial charge in [-0.05, 0) is 42.4 Å². The van der Waals surface area contributed by atoms with E-state index in [-0.39, 0.29) is 11.4 Å². The maximum atomic E-state index is 12.5. The van der Waals surface area contributed by atoms with Gasteiger partial charge in [-0.2, -0.15) is 0 Å². The predicted octanol–water partition coefficient (Wildman–Crippen LogP) is 3.79. The third kappa shape index (κ3) is 5.50. The number of furan rings is 1. The summed E-state index contributed by atoms with van der Waals surface area (Å²) in [6, 6.07) is 10.7. The van der Waals surface area contributed by atoms with E-state index in [1.165, 1.54) is 6.08 Å². The normalized spacial score (nSPS) is 15.4. The van der Waals surface area contributed by atoms with E-state index in [2.05, 4.69) is 5.32 Å². The van der Waals surface area contributed by atoms with Gasteiger partial charge >= 0.3 is 0 Å². The fourth-order valence-corrected chi connectivity index (χ4v) is 3.65. The number of rotatable bonds is 8. The lowest BCUT2D eigenvalue weighted by Crippen LogP contribution is -2.39. The van der Waals surface area contributed by atoms with Gasteiger partial charge < -0.3 is 14.5 Å². The van der Waals surface area contributed by atoms with Crippen molar-refractivity contribution < 1.29 is 23.5 Å². The minimum atomic E-state index is -0.521. The van der Waals surface area contributed by atoms with Crippen LogP contribution in [0.2, 0.25) is 5.02 Å². The summed E-state index contributed by atoms with van der Waals surface area (Å²) in [7, 11) is 1.57. The molecular formula is C20H19ClN2O5S. The Morgan fingerprint density at radius 1 is 1.31 bits per heavy atom. The zero-order chi connectivity index (χ0) is 20.8. The Labute approximate surface area is 177 Å². The zero-order valence-electron chi connectivity index (χ0n) is 15.6. The van der Waals surface area contributed by atoms with E-state index in [0.29, 0.717) is 36.1 Å². The van der Waals surface area contributed by atoms with Gasteiger partial charge in [0.25, 0.3) is 11.1 Å². The second kappa shape index (κ2) is 9.78. The molecule has 7 nitrogen and oxygen atoms in total. The third-order valence-corrected chi connectivity index (χ3v) is 5.17. The van der Waals surface area contributed by atoms with Crippen LogP contribution in [0.5, 0.6) is 0 Å². The van der Waals surface area contributed by atoms with E-state index >= 15 is 0 Å². The minimum Gasteiger partial charge on any atom is -0.457 e. The molecule has 3 rings (SSSR count). The lowest BCUT2D eigenvalue weighted by Gasteiger charge is -2.12. The summed E-state index contributed by atoms with van der Waals surface area (Å²) in [5.41, 5.74) is 0.801. The average molecular weight is 435 g/mol. The number of nitrogens with zero attached hydrogens (tertiary/aromatic N) is 1. The minimum absolute atomic E-state index is 0.203. The van der Waals surface area contributed by atoms with Crippen LogP contribution < -0.4 is 5.32 Å². The molecule has 1 aromatic carbocycles. The van der Waals surface area contributed by atoms with Gasteiger partial charge in [-0.25, -0.2) is 0 Å². The Hall–Kier alpha value is -2.55. The van der Waals surface area contributed by atoms with E-state index in [4.69, 9.17) is 20.8 Å². The Bertz CT molecular complexity index is 956. The van der Waals surface area contributed by atoms with Gasteiger partial charge in [0.15, 0.2) is 0 Å². The molecule has 2 aromatic rings. The second-order valence-electron chi connectivity index (χ2n) is 6.18. The number of hydrogen-bond acceptors (Lipinski definition) is 6. The summed E-state index contributed by atoms with van der Waals surface area (Å²) in [4.78, 5) is 37.7. The molecular weight excluding hydrogens is 416 g/mol. The lowest BCUT2D eigenvalue weighted by molar-refractivity contribution is -0.129. The van der Waals surface area contributed by atoms with Crippen molar-refractivity contribution in [2.24, 2.45) is 0 Å². The number of amides is 3. The number of nitrogens with one attached hydrogen (secondary N) is 1. The molecule has 0 saturated carbocycles. The van der Waals surface area contributed by atoms with Gasteiger partial charge in [-0.1, -0.05) is 23.7 Å². The van der Waals surface area contributed by atoms with E-state index in [0.717, 1.165) is 22.2 Å². The van der Waals surface area contributed by atoms with Crippen molar-refractivity contribution in [3.63, 3.8) is 0 Å². The van der Waals surface area contributed by atoms with Crippen molar-refractivity contribution in [3.05, 3.63) is 52.1 Å². The fraction of sp³-hybridized carbons (Fsp3) is 0.250. The van der Waals surface area contributed by atoms with Crippen molar-refractivity contribution in [2.45, 2.75) is 6.42 Å². The van der Waals surface area contributed by atoms with Crippen molar-refractivity contribution in [2.75, 3.05) is 26.8 Å². The topological polar surface area (TPSA) is 88.8 Å². The molecule has 2 heterocycles. The van der Waals surface area contributed by atoms with Gasteiger partial charge in [-0.3, -0.25) is 19.3 Å². The largest absolute Gasteiger partial charge is 0.457 e. The molecule has 1 fully saturated rings. The number of halogens is 1. The number of hydrogen-bond donors (Lipinski definition) is 1. The number of thioether (sulfide) groups is 1. The van der Waals surface area contributed by atoms with Crippen molar-refractivity contribution in [1.82, 2.24) is 10.2 Å². The molecule has 1 saturated heterocycles. The van der Waals surface area contributed by atoms with Crippen LogP contribution in [0.25, 0.3) is 17.4 Å². The molecule has 0 aliphatic carbocycles. The molecule has 9 heteroatoms. The lowest BCUT2D eigenvalue weighted by atomic mass is 10.2. The van der Waals surface area contributed by atoms with Gasteiger partial charge in [0.1, 0.15) is 18.1 Å². The molecule has 1 aliphatic rings. The Kier molecular flexibility index (Phi) is 7.13. The molecule has 0 radical (unpaired) electrons. The molecule has 29 heavy (non-hydrogen) atoms. The maximum absolute atomic E-state index is 12.5. The SMILES string of the molecule is COCCCNC(=O)CN1C(=O)S/C(=C\c2ccc(-c3cccc(Cl)c3)o2)C1=O. The van der Waals surface area contributed by atoms with Crippen molar-refractivity contribution in [3.8, 4) is 11.3 Å². The van der Waals surface area contributed by atoms with Gasteiger partial charge in [-0.15, -0.1) is 0 Å². The molecule has 1 aromatic heterocycles. The first kappa shape index (κ1) is 21.2. The Morgan fingerprint density at radius 3 is 2.90 bits per heavy atom. The smallest absolute Gasteiger partial charge is 0.294 e. The number of methoxy groups -OCH3 is 1. The van der Waals surface area contributed by atoms with E-state index in [1.54, 1.807) is 31.4 Å². The number of benzene rings is 1. The summed E-state index contributed by atoms with van der Waals surface area (Å²) in [5.74, 6) is 0.0987. The van der Waals surface area contributed by atoms with Crippen molar-refractivity contribution in [1.29, 1.82) is 0 Å². The summed E-state index contributed by atoms with van der Waals surface area (Å²) in [5, 5.41) is 2.75. The Balaban J connectivity index is 1.65. The number of carbonyl (C=O) groups excluding carboxylic acids is 3. The molecule has 1 N–H and O–H groups in total. The van der Waals surface area contributed by atoms with Crippen LogP contribution in [0, 0.1) is 0 Å². The van der Waals surface area contributed by atoms with Crippen LogP contribution in [0.3, 0.4) is 0 Å². The quantitative estimate of drug-likeness (QED) is 0.502. The highest BCUT2D eigenvalue weighted by Crippen LogP contribution is 2.33. The molecule has 0 bridgehead atoms. The zero-order valence-corrected chi connectivity index (χ0v) is 17.2. The molecule has 0 spiro atoms. The fourth-order valence-electron chi connectivity index (χ4n) is 2.64. The van der Waals surface area contributed by atoms with Crippen LogP contribution >= 0.6 is 23.4 Å². The average Bonchev–Trinajstić information content (AvgIpc) is 3.26. The summed E-state index contributed by atoms with van der Waals surface area (Å²) in [6.07, 6.45) is 2.15. The molecule has 152 valence electrons.